The van der Waals surface area contributed by atoms with Gasteiger partial charge >= 0.3 is 0 Å². The van der Waals surface area contributed by atoms with Crippen LogP contribution in [0.2, 0.25) is 0 Å². The number of rotatable bonds is 5. The fourth-order valence-electron chi connectivity index (χ4n) is 3.90. The number of sulfonamides is 1. The third-order valence-corrected chi connectivity index (χ3v) is 7.75. The number of hydrogen-bond acceptors (Lipinski definition) is 6. The van der Waals surface area contributed by atoms with Gasteiger partial charge in [-0.25, -0.2) is 22.2 Å². The molecule has 35 heavy (non-hydrogen) atoms. The molecule has 0 saturated carbocycles. The first kappa shape index (κ1) is 23.1. The Morgan fingerprint density at radius 1 is 1.09 bits per heavy atom. The molecule has 4 aromatic rings. The minimum Gasteiger partial charge on any atom is -0.337 e. The molecule has 2 aromatic carbocycles. The quantitative estimate of drug-likeness (QED) is 0.386. The van der Waals surface area contributed by atoms with Gasteiger partial charge in [0.1, 0.15) is 17.2 Å². The number of aromatic amines is 2. The van der Waals surface area contributed by atoms with E-state index in [2.05, 4.69) is 30.4 Å². The summed E-state index contributed by atoms with van der Waals surface area (Å²) in [4.78, 5) is 22.1. The maximum atomic E-state index is 14.0. The summed E-state index contributed by atoms with van der Waals surface area (Å²) in [6, 6.07) is 7.73. The normalized spacial score (nSPS) is 15.5. The Bertz CT molecular complexity index is 1500. The van der Waals surface area contributed by atoms with E-state index in [0.717, 1.165) is 18.2 Å². The number of fused-ring (bicyclic) bond motifs is 1. The second-order valence-corrected chi connectivity index (χ2v) is 10.1. The summed E-state index contributed by atoms with van der Waals surface area (Å²) < 4.78 is 55.6. The molecule has 0 spiro atoms. The Morgan fingerprint density at radius 2 is 1.80 bits per heavy atom. The third-order valence-electron chi connectivity index (χ3n) is 5.86. The van der Waals surface area contributed by atoms with Crippen LogP contribution < -0.4 is 5.32 Å². The second kappa shape index (κ2) is 8.83. The van der Waals surface area contributed by atoms with Crippen molar-refractivity contribution >= 4 is 32.7 Å². The number of H-pyrrole nitrogens is 2. The molecule has 0 unspecified atom stereocenters. The maximum absolute atomic E-state index is 14.0. The zero-order valence-electron chi connectivity index (χ0n) is 18.5. The zero-order valence-corrected chi connectivity index (χ0v) is 19.4. The first-order valence-corrected chi connectivity index (χ1v) is 12.2. The summed E-state index contributed by atoms with van der Waals surface area (Å²) in [7, 11) is -1.74. The lowest BCUT2D eigenvalue weighted by Crippen LogP contribution is -2.46. The SMILES string of the molecule is CN1CCN(S(=O)(=O)c2ccc3[nH]c(-c4n[nH]cc4NC(=O)c4c(F)cccc4F)nc3c2)CC1. The molecule has 1 fully saturated rings. The van der Waals surface area contributed by atoms with E-state index in [0.29, 0.717) is 37.2 Å². The van der Waals surface area contributed by atoms with Crippen molar-refractivity contribution in [2.24, 2.45) is 0 Å². The molecule has 2 aromatic heterocycles. The zero-order chi connectivity index (χ0) is 24.7. The molecule has 0 atom stereocenters. The molecule has 13 heteroatoms. The van der Waals surface area contributed by atoms with Crippen LogP contribution in [0.25, 0.3) is 22.6 Å². The Balaban J connectivity index is 1.43. The molecule has 1 amide bonds. The topological polar surface area (TPSA) is 127 Å². The molecule has 1 aliphatic rings. The molecule has 1 aliphatic heterocycles. The van der Waals surface area contributed by atoms with Gasteiger partial charge in [0.25, 0.3) is 5.91 Å². The number of piperazine rings is 1. The van der Waals surface area contributed by atoms with Crippen molar-refractivity contribution in [3.8, 4) is 11.5 Å². The van der Waals surface area contributed by atoms with E-state index in [4.69, 9.17) is 0 Å². The summed E-state index contributed by atoms with van der Waals surface area (Å²) >= 11 is 0. The summed E-state index contributed by atoms with van der Waals surface area (Å²) in [6.45, 7) is 2.11. The van der Waals surface area contributed by atoms with Crippen LogP contribution >= 0.6 is 0 Å². The number of amides is 1. The van der Waals surface area contributed by atoms with E-state index in [1.54, 1.807) is 6.07 Å². The van der Waals surface area contributed by atoms with Crippen molar-refractivity contribution in [1.82, 2.24) is 29.4 Å². The summed E-state index contributed by atoms with van der Waals surface area (Å²) in [5, 5.41) is 9.10. The third kappa shape index (κ3) is 4.29. The van der Waals surface area contributed by atoms with Crippen molar-refractivity contribution in [1.29, 1.82) is 0 Å². The number of halogens is 2. The van der Waals surface area contributed by atoms with Crippen LogP contribution in [-0.2, 0) is 10.0 Å². The fraction of sp³-hybridized carbons (Fsp3) is 0.227. The number of carbonyl (C=O) groups is 1. The predicted molar refractivity (Wildman–Crippen MR) is 124 cm³/mol. The van der Waals surface area contributed by atoms with Gasteiger partial charge < -0.3 is 15.2 Å². The molecule has 3 N–H and O–H groups in total. The summed E-state index contributed by atoms with van der Waals surface area (Å²) in [6.07, 6.45) is 1.35. The number of imidazole rings is 1. The highest BCUT2D eigenvalue weighted by atomic mass is 32.2. The molecule has 1 saturated heterocycles. The molecule has 3 heterocycles. The molecule has 0 radical (unpaired) electrons. The first-order chi connectivity index (χ1) is 16.7. The number of nitrogens with zero attached hydrogens (tertiary/aromatic N) is 4. The van der Waals surface area contributed by atoms with Gasteiger partial charge in [0, 0.05) is 32.4 Å². The fourth-order valence-corrected chi connectivity index (χ4v) is 5.34. The number of carbonyl (C=O) groups excluding carboxylic acids is 1. The lowest BCUT2D eigenvalue weighted by atomic mass is 10.2. The number of hydrogen-bond donors (Lipinski definition) is 3. The Kier molecular flexibility index (Phi) is 5.83. The number of anilines is 1. The minimum atomic E-state index is -3.68. The van der Waals surface area contributed by atoms with Crippen LogP contribution in [-0.4, -0.2) is 76.9 Å². The molecule has 0 bridgehead atoms. The molecular weight excluding hydrogens is 480 g/mol. The average molecular weight is 502 g/mol. The van der Waals surface area contributed by atoms with Crippen molar-refractivity contribution in [3.63, 3.8) is 0 Å². The van der Waals surface area contributed by atoms with Crippen molar-refractivity contribution in [2.75, 3.05) is 38.5 Å². The van der Waals surface area contributed by atoms with Gasteiger partial charge in [0.05, 0.1) is 21.6 Å². The molecule has 182 valence electrons. The lowest BCUT2D eigenvalue weighted by molar-refractivity contribution is 0.101. The monoisotopic (exact) mass is 501 g/mol. The summed E-state index contributed by atoms with van der Waals surface area (Å²) in [5.74, 6) is -2.74. The number of benzene rings is 2. The van der Waals surface area contributed by atoms with Crippen LogP contribution in [0, 0.1) is 11.6 Å². The van der Waals surface area contributed by atoms with Crippen LogP contribution in [0.4, 0.5) is 14.5 Å². The Morgan fingerprint density at radius 3 is 2.51 bits per heavy atom. The lowest BCUT2D eigenvalue weighted by Gasteiger charge is -2.31. The molecule has 10 nitrogen and oxygen atoms in total. The van der Waals surface area contributed by atoms with Crippen LogP contribution in [0.1, 0.15) is 10.4 Å². The smallest absolute Gasteiger partial charge is 0.261 e. The van der Waals surface area contributed by atoms with Crippen LogP contribution in [0.15, 0.2) is 47.5 Å². The van der Waals surface area contributed by atoms with Gasteiger partial charge in [-0.1, -0.05) is 6.07 Å². The van der Waals surface area contributed by atoms with E-state index in [1.807, 2.05) is 7.05 Å². The van der Waals surface area contributed by atoms with Crippen molar-refractivity contribution in [2.45, 2.75) is 4.90 Å². The average Bonchev–Trinajstić information content (AvgIpc) is 3.45. The number of likely N-dealkylation sites (N-methyl/N-ethyl adjacent to an activating group) is 1. The van der Waals surface area contributed by atoms with E-state index in [9.17, 15) is 22.0 Å². The van der Waals surface area contributed by atoms with Crippen LogP contribution in [0.5, 0.6) is 0 Å². The molecular formula is C22H21F2N7O3S. The van der Waals surface area contributed by atoms with E-state index < -0.39 is 33.1 Å². The number of nitrogens with one attached hydrogen (secondary N) is 3. The molecule has 5 rings (SSSR count). The van der Waals surface area contributed by atoms with Gasteiger partial charge in [0.2, 0.25) is 10.0 Å². The van der Waals surface area contributed by atoms with Gasteiger partial charge in [-0.3, -0.25) is 9.89 Å². The van der Waals surface area contributed by atoms with Crippen LogP contribution in [0.3, 0.4) is 0 Å². The summed E-state index contributed by atoms with van der Waals surface area (Å²) in [5.41, 5.74) is 0.549. The van der Waals surface area contributed by atoms with E-state index in [-0.39, 0.29) is 22.1 Å². The van der Waals surface area contributed by atoms with Gasteiger partial charge in [0.15, 0.2) is 11.5 Å². The standard InChI is InChI=1S/C22H21F2N7O3S/c1-30-7-9-31(10-8-30)35(33,34)13-5-6-16-17(11-13)27-21(26-16)20-18(12-25-29-20)28-22(32)19-14(23)3-2-4-15(19)24/h2-6,11-12H,7-10H2,1H3,(H,25,29)(H,26,27)(H,28,32). The highest BCUT2D eigenvalue weighted by molar-refractivity contribution is 7.89. The largest absolute Gasteiger partial charge is 0.337 e. The Labute approximate surface area is 199 Å². The highest BCUT2D eigenvalue weighted by Crippen LogP contribution is 2.28. The van der Waals surface area contributed by atoms with Crippen molar-refractivity contribution in [3.05, 3.63) is 59.8 Å². The first-order valence-electron chi connectivity index (χ1n) is 10.7. The predicted octanol–water partition coefficient (Wildman–Crippen LogP) is 2.42. The maximum Gasteiger partial charge on any atom is 0.261 e. The van der Waals surface area contributed by atoms with Gasteiger partial charge in [-0.15, -0.1) is 0 Å². The van der Waals surface area contributed by atoms with Gasteiger partial charge in [-0.05, 0) is 37.4 Å². The van der Waals surface area contributed by atoms with E-state index >= 15 is 0 Å². The molecule has 0 aliphatic carbocycles. The number of aromatic nitrogens is 4. The van der Waals surface area contributed by atoms with Gasteiger partial charge in [-0.2, -0.15) is 9.40 Å². The minimum absolute atomic E-state index is 0.123. The second-order valence-electron chi connectivity index (χ2n) is 8.17. The van der Waals surface area contributed by atoms with E-state index in [1.165, 1.54) is 22.6 Å². The Hall–Kier alpha value is -3.68. The van der Waals surface area contributed by atoms with Crippen molar-refractivity contribution < 1.29 is 22.0 Å². The highest BCUT2D eigenvalue weighted by Gasteiger charge is 2.28.